The summed E-state index contributed by atoms with van der Waals surface area (Å²) >= 11 is 0. The number of H-pyrrole nitrogens is 4. The highest BCUT2D eigenvalue weighted by Gasteiger charge is 2.39. The molecule has 35 nitrogen and oxygen atoms in total. The number of aromatic nitrogens is 6. The zero-order chi connectivity index (χ0) is 76.5. The Morgan fingerprint density at radius 2 is 0.843 bits per heavy atom. The maximum Gasteiger partial charge on any atom is 0.322 e. The molecule has 22 N–H and O–H groups in total. The van der Waals surface area contributed by atoms with Crippen molar-refractivity contribution in [3.8, 4) is 0 Å². The van der Waals surface area contributed by atoms with Gasteiger partial charge in [-0.25, -0.2) is 19.6 Å². The van der Waals surface area contributed by atoms with Gasteiger partial charge in [0, 0.05) is 104 Å². The van der Waals surface area contributed by atoms with Gasteiger partial charge in [0.2, 0.25) is 47.3 Å². The summed E-state index contributed by atoms with van der Waals surface area (Å²) in [7, 11) is 1.20. The molecule has 14 amide bonds. The van der Waals surface area contributed by atoms with Gasteiger partial charge >= 0.3 is 12.1 Å². The first-order chi connectivity index (χ1) is 52.2. The van der Waals surface area contributed by atoms with Crippen molar-refractivity contribution in [3.05, 3.63) is 180 Å². The van der Waals surface area contributed by atoms with Gasteiger partial charge < -0.3 is 89.5 Å². The molecule has 37 heteroatoms. The Labute approximate surface area is 625 Å². The third kappa shape index (κ3) is 22.5. The molecule has 2 fully saturated rings. The van der Waals surface area contributed by atoms with Crippen LogP contribution in [0.4, 0.5) is 9.59 Å². The van der Waals surface area contributed by atoms with Crippen LogP contribution in [-0.2, 0) is 86.5 Å². The molecule has 10 rings (SSSR count). The van der Waals surface area contributed by atoms with Crippen LogP contribution in [0.15, 0.2) is 147 Å². The van der Waals surface area contributed by atoms with Gasteiger partial charge in [0.05, 0.1) is 30.4 Å². The summed E-state index contributed by atoms with van der Waals surface area (Å²) in [6.45, 7) is 0.177. The fraction of sp³-hybridized carbons (Fsp3) is 0.324. The molecule has 4 aromatic heterocycles. The first-order valence-electron chi connectivity index (χ1n) is 34.6. The van der Waals surface area contributed by atoms with Crippen LogP contribution in [0, 0.1) is 10.8 Å². The van der Waals surface area contributed by atoms with Crippen LogP contribution < -0.4 is 80.2 Å². The number of carbonyl (C=O) groups excluding carboxylic acids is 12. The number of imide groups is 2. The van der Waals surface area contributed by atoms with Crippen LogP contribution in [0.2, 0.25) is 0 Å². The van der Waals surface area contributed by atoms with Crippen molar-refractivity contribution in [2.75, 3.05) is 18.8 Å². The lowest BCUT2D eigenvalue weighted by Crippen LogP contribution is -2.61. The van der Waals surface area contributed by atoms with Crippen LogP contribution in [-0.4, -0.2) is 192 Å². The lowest BCUT2D eigenvalue weighted by molar-refractivity contribution is -0.134. The molecule has 0 aliphatic carbocycles. The van der Waals surface area contributed by atoms with E-state index in [2.05, 4.69) is 104 Å². The fourth-order valence-electron chi connectivity index (χ4n) is 12.2. The molecule has 10 atom stereocenters. The number of hydrogen-bond donors (Lipinski definition) is 21. The third-order valence-corrected chi connectivity index (χ3v) is 20.2. The number of nitrogens with zero attached hydrogens (tertiary/aromatic N) is 2. The van der Waals surface area contributed by atoms with Gasteiger partial charge in [0.25, 0.3) is 11.8 Å². The normalized spacial score (nSPS) is 22.3. The molecule has 2 saturated heterocycles. The second-order valence-electron chi connectivity index (χ2n) is 25.5. The summed E-state index contributed by atoms with van der Waals surface area (Å²) in [5.41, 5.74) is 9.45. The molecule has 108 heavy (non-hydrogen) atoms. The predicted molar refractivity (Wildman–Crippen MR) is 400 cm³/mol. The number of amides is 14. The molecule has 1 unspecified atom stereocenters. The first-order valence-corrected chi connectivity index (χ1v) is 37.0. The summed E-state index contributed by atoms with van der Waals surface area (Å²) in [5, 5.41) is 51.4. The number of benzene rings is 4. The van der Waals surface area contributed by atoms with Crippen molar-refractivity contribution in [1.29, 1.82) is 10.8 Å². The molecule has 8 aromatic rings. The number of hydrogen-bond acceptors (Lipinski definition) is 18. The van der Waals surface area contributed by atoms with Crippen molar-refractivity contribution < 1.29 is 57.5 Å². The maximum absolute atomic E-state index is 15.5. The molecular weight excluding hydrogens is 1430 g/mol. The van der Waals surface area contributed by atoms with E-state index in [1.54, 1.807) is 122 Å². The van der Waals surface area contributed by atoms with Crippen molar-refractivity contribution in [2.45, 2.75) is 124 Å². The van der Waals surface area contributed by atoms with E-state index in [4.69, 9.17) is 16.6 Å². The number of carbonyl (C=O) groups is 12. The van der Waals surface area contributed by atoms with Gasteiger partial charge in [-0.3, -0.25) is 69.4 Å². The van der Waals surface area contributed by atoms with Gasteiger partial charge in [-0.05, 0) is 60.1 Å². The molecule has 2 aliphatic rings. The van der Waals surface area contributed by atoms with E-state index in [1.807, 2.05) is 0 Å². The second-order valence-corrected chi connectivity index (χ2v) is 28.0. The predicted octanol–water partition coefficient (Wildman–Crippen LogP) is -0.275. The minimum absolute atomic E-state index is 0.0310. The van der Waals surface area contributed by atoms with Crippen molar-refractivity contribution in [3.63, 3.8) is 0 Å². The summed E-state index contributed by atoms with van der Waals surface area (Å²) in [6, 6.07) is 14.1. The molecule has 6 heterocycles. The van der Waals surface area contributed by atoms with E-state index < -0.39 is 137 Å². The quantitative estimate of drug-likeness (QED) is 0.0190. The molecule has 0 spiro atoms. The van der Waals surface area contributed by atoms with E-state index >= 15 is 38.4 Å². The molecule has 0 saturated carbocycles. The summed E-state index contributed by atoms with van der Waals surface area (Å²) < 4.78 is 0. The number of rotatable bonds is 21. The van der Waals surface area contributed by atoms with Gasteiger partial charge in [-0.2, -0.15) is 0 Å². The Hall–Kier alpha value is -12.5. The number of nitrogens with two attached hydrogens (primary N) is 1. The van der Waals surface area contributed by atoms with Crippen LogP contribution in [0.25, 0.3) is 21.8 Å². The van der Waals surface area contributed by atoms with Gasteiger partial charge in [0.1, 0.15) is 54.4 Å². The SMILES string of the molecule is N=CNCCC[C@@H]1NC(=O)[C@@H](Cc2ccccc2)NC(=O)[C@H](Cc2c[nH]cn2)NC(=O)NC(=O)[C@@H]2CSSC(NC(=O)[C@H](Cc3c[nH]c4ccccc34)NC1=O)C(=O)NC(=O)N[C@@H](Cc1c[nH]cn1)C(=O)N[C@H](Cc1ccccc1)C(=O)N[C@@H](CCCNC(=N)N)C(=O)N[C@@H](Cc1c[nH]c3ccccc13)C(=O)N2. The minimum Gasteiger partial charge on any atom is -0.377 e. The lowest BCUT2D eigenvalue weighted by Gasteiger charge is -2.27. The molecule has 566 valence electrons. The van der Waals surface area contributed by atoms with Crippen LogP contribution in [0.5, 0.6) is 0 Å². The third-order valence-electron chi connectivity index (χ3n) is 17.7. The lowest BCUT2D eigenvalue weighted by atomic mass is 10.0. The van der Waals surface area contributed by atoms with E-state index in [0.717, 1.165) is 6.34 Å². The fourth-order valence-corrected chi connectivity index (χ4v) is 14.5. The zero-order valence-corrected chi connectivity index (χ0v) is 59.7. The molecule has 2 aliphatic heterocycles. The summed E-state index contributed by atoms with van der Waals surface area (Å²) in [6.07, 6.45) is 7.96. The molecule has 4 aromatic carbocycles. The highest BCUT2D eigenvalue weighted by atomic mass is 33.1. The van der Waals surface area contributed by atoms with Gasteiger partial charge in [-0.15, -0.1) is 0 Å². The Bertz CT molecular complexity index is 4510. The molecule has 2 bridgehead atoms. The number of para-hydroxylation sites is 2. The standard InChI is InChI=1S/C71H83N23O12S2/c72-36-75-23-11-21-49-58(95)88-54(28-42-32-80-48-20-10-8-18-46(42)48)65(102)92-68-67(104)94-71(106)91-56(30-44-34-77-38-82-44)64(101)86-52(26-40-15-5-2-6-16-40)61(98)84-50(22-12-24-78-69(73)74)59(96)87-53(27-41-31-79-47-19-9-7-17-45(41)47)62(99)89-57(35-107-108-68)66(103)93-70(105)90-55(29-43-33-76-37-81-43)63(100)85-51(60(97)83-49)25-39-13-3-1-4-14-39/h1-10,13-20,31-34,36-38,49-57,68,79-80H,11-12,21-30,35H2,(H2,72,75)(H,76,81)(H,77,82)(H,83,97)(H,84,98)(H,85,100)(H,86,101)(H,87,96)(H,88,95)(H,89,99)(H,92,102)(H4,73,74,78)(H2,90,93,103,105)(H2,91,94,104,106)/t49-,50-,51+,52+,53-,54-,55-,56-,57-,68?/m0/s1. The summed E-state index contributed by atoms with van der Waals surface area (Å²) in [4.78, 5) is 201. The average Bonchev–Trinajstić information content (AvgIpc) is 1.65. The van der Waals surface area contributed by atoms with E-state index in [1.165, 1.54) is 25.0 Å². The Kier molecular flexibility index (Phi) is 27.8. The van der Waals surface area contributed by atoms with Crippen molar-refractivity contribution in [1.82, 2.24) is 104 Å². The van der Waals surface area contributed by atoms with Crippen molar-refractivity contribution >= 4 is 127 Å². The molecular formula is C71H83N23O12S2. The number of imidazole rings is 2. The topological polar surface area (TPSA) is 536 Å². The van der Waals surface area contributed by atoms with E-state index in [-0.39, 0.29) is 94.6 Å². The number of urea groups is 2. The van der Waals surface area contributed by atoms with Crippen LogP contribution in [0.3, 0.4) is 0 Å². The second kappa shape index (κ2) is 38.5. The monoisotopic (exact) mass is 1510 g/mol. The van der Waals surface area contributed by atoms with E-state index in [9.17, 15) is 19.2 Å². The average molecular weight is 1510 g/mol. The first kappa shape index (κ1) is 78.1. The maximum atomic E-state index is 15.5. The van der Waals surface area contributed by atoms with Gasteiger partial charge in [-0.1, -0.05) is 119 Å². The van der Waals surface area contributed by atoms with Crippen LogP contribution in [0.1, 0.15) is 59.3 Å². The Morgan fingerprint density at radius 1 is 0.444 bits per heavy atom. The summed E-state index contributed by atoms with van der Waals surface area (Å²) in [5.74, 6) is -11.2. The number of fused-ring (bicyclic) bond motifs is 6. The number of nitrogens with one attached hydrogen (secondary N) is 20. The highest BCUT2D eigenvalue weighted by Crippen LogP contribution is 2.28. The Morgan fingerprint density at radius 3 is 1.30 bits per heavy atom. The number of guanidine groups is 1. The minimum atomic E-state index is -1.92. The van der Waals surface area contributed by atoms with Crippen LogP contribution >= 0.6 is 21.6 Å². The van der Waals surface area contributed by atoms with E-state index in [0.29, 0.717) is 65.6 Å². The molecule has 0 radical (unpaired) electrons. The zero-order valence-electron chi connectivity index (χ0n) is 58.1. The van der Waals surface area contributed by atoms with Crippen molar-refractivity contribution in [2.24, 2.45) is 5.73 Å². The largest absolute Gasteiger partial charge is 0.377 e. The number of aromatic amines is 4. The van der Waals surface area contributed by atoms with Gasteiger partial charge in [0.15, 0.2) is 11.3 Å². The smallest absolute Gasteiger partial charge is 0.322 e. The Balaban J connectivity index is 1.09. The highest BCUT2D eigenvalue weighted by molar-refractivity contribution is 8.77.